The van der Waals surface area contributed by atoms with E-state index in [4.69, 9.17) is 0 Å². The number of rotatable bonds is 4. The zero-order valence-electron chi connectivity index (χ0n) is 14.2. The second-order valence-corrected chi connectivity index (χ2v) is 7.17. The van der Waals surface area contributed by atoms with E-state index < -0.39 is 6.04 Å². The van der Waals surface area contributed by atoms with Gasteiger partial charge in [-0.25, -0.2) is 4.98 Å². The molecule has 1 atom stereocenters. The molecule has 27 heavy (non-hydrogen) atoms. The fraction of sp³-hybridized carbons (Fsp3) is 0.158. The van der Waals surface area contributed by atoms with Gasteiger partial charge < -0.3 is 16.0 Å². The van der Waals surface area contributed by atoms with E-state index in [2.05, 4.69) is 20.9 Å². The first-order chi connectivity index (χ1) is 13.1. The van der Waals surface area contributed by atoms with Crippen LogP contribution in [0.1, 0.15) is 23.2 Å². The Morgan fingerprint density at radius 3 is 2.74 bits per heavy atom. The first-order valence-corrected chi connectivity index (χ1v) is 9.28. The SMILES string of the molecule is O=C(CC[C@@H]1NC(=O)c2ccccc2NC1=O)Nc1nc2ccccc2s1. The topological polar surface area (TPSA) is 100 Å². The molecule has 2 heterocycles. The van der Waals surface area contributed by atoms with Crippen LogP contribution < -0.4 is 16.0 Å². The van der Waals surface area contributed by atoms with Crippen LogP contribution in [0.5, 0.6) is 0 Å². The lowest BCUT2D eigenvalue weighted by Crippen LogP contribution is -2.41. The Labute approximate surface area is 158 Å². The van der Waals surface area contributed by atoms with Gasteiger partial charge in [-0.2, -0.15) is 0 Å². The van der Waals surface area contributed by atoms with Gasteiger partial charge in [0, 0.05) is 6.42 Å². The Morgan fingerprint density at radius 1 is 1.11 bits per heavy atom. The Hall–Kier alpha value is -3.26. The third-order valence-corrected chi connectivity index (χ3v) is 5.20. The van der Waals surface area contributed by atoms with E-state index in [1.807, 2.05) is 24.3 Å². The lowest BCUT2D eigenvalue weighted by atomic mass is 10.1. The zero-order chi connectivity index (χ0) is 18.8. The predicted octanol–water partition coefficient (Wildman–Crippen LogP) is 2.77. The van der Waals surface area contributed by atoms with Crippen LogP contribution in [0.4, 0.5) is 10.8 Å². The summed E-state index contributed by atoms with van der Waals surface area (Å²) in [5.74, 6) is -0.917. The van der Waals surface area contributed by atoms with Gasteiger partial charge in [-0.1, -0.05) is 35.6 Å². The molecule has 2 aromatic carbocycles. The van der Waals surface area contributed by atoms with Crippen LogP contribution in [-0.4, -0.2) is 28.7 Å². The van der Waals surface area contributed by atoms with Gasteiger partial charge in [0.15, 0.2) is 5.13 Å². The summed E-state index contributed by atoms with van der Waals surface area (Å²) in [5.41, 5.74) is 1.71. The molecular formula is C19H16N4O3S. The number of nitrogens with zero attached hydrogens (tertiary/aromatic N) is 1. The molecule has 0 unspecified atom stereocenters. The van der Waals surface area contributed by atoms with Crippen molar-refractivity contribution < 1.29 is 14.4 Å². The Kier molecular flexibility index (Phi) is 4.55. The van der Waals surface area contributed by atoms with E-state index in [9.17, 15) is 14.4 Å². The van der Waals surface area contributed by atoms with Gasteiger partial charge in [-0.3, -0.25) is 14.4 Å². The number of anilines is 2. The van der Waals surface area contributed by atoms with Crippen LogP contribution in [0.15, 0.2) is 48.5 Å². The highest BCUT2D eigenvalue weighted by Crippen LogP contribution is 2.25. The molecule has 0 saturated carbocycles. The van der Waals surface area contributed by atoms with Crippen molar-refractivity contribution >= 4 is 50.1 Å². The van der Waals surface area contributed by atoms with Crippen molar-refractivity contribution in [2.75, 3.05) is 10.6 Å². The van der Waals surface area contributed by atoms with Crippen molar-refractivity contribution in [1.29, 1.82) is 0 Å². The fourth-order valence-corrected chi connectivity index (χ4v) is 3.78. The first-order valence-electron chi connectivity index (χ1n) is 8.46. The lowest BCUT2D eigenvalue weighted by Gasteiger charge is -2.13. The lowest BCUT2D eigenvalue weighted by molar-refractivity contribution is -0.118. The molecule has 3 amide bonds. The minimum Gasteiger partial charge on any atom is -0.340 e. The molecule has 0 aliphatic carbocycles. The van der Waals surface area contributed by atoms with E-state index >= 15 is 0 Å². The molecule has 3 aromatic rings. The van der Waals surface area contributed by atoms with Crippen molar-refractivity contribution in [2.45, 2.75) is 18.9 Å². The molecule has 8 heteroatoms. The van der Waals surface area contributed by atoms with Crippen LogP contribution in [0.2, 0.25) is 0 Å². The number of benzene rings is 2. The van der Waals surface area contributed by atoms with Gasteiger partial charge in [0.25, 0.3) is 5.91 Å². The molecule has 1 aliphatic heterocycles. The van der Waals surface area contributed by atoms with Crippen molar-refractivity contribution in [2.24, 2.45) is 0 Å². The number of amides is 3. The summed E-state index contributed by atoms with van der Waals surface area (Å²) >= 11 is 1.39. The molecule has 3 N–H and O–H groups in total. The van der Waals surface area contributed by atoms with Crippen LogP contribution in [0, 0.1) is 0 Å². The minimum atomic E-state index is -0.772. The highest BCUT2D eigenvalue weighted by molar-refractivity contribution is 7.22. The molecule has 0 spiro atoms. The largest absolute Gasteiger partial charge is 0.340 e. The fourth-order valence-electron chi connectivity index (χ4n) is 2.90. The van der Waals surface area contributed by atoms with Gasteiger partial charge in [0.1, 0.15) is 6.04 Å². The number of fused-ring (bicyclic) bond motifs is 2. The Morgan fingerprint density at radius 2 is 1.89 bits per heavy atom. The highest BCUT2D eigenvalue weighted by Gasteiger charge is 2.27. The number of carbonyl (C=O) groups excluding carboxylic acids is 3. The zero-order valence-corrected chi connectivity index (χ0v) is 15.0. The van der Waals surface area contributed by atoms with E-state index in [0.29, 0.717) is 16.4 Å². The maximum absolute atomic E-state index is 12.3. The molecule has 0 bridgehead atoms. The maximum atomic E-state index is 12.3. The monoisotopic (exact) mass is 380 g/mol. The molecule has 0 fully saturated rings. The molecule has 7 nitrogen and oxygen atoms in total. The summed E-state index contributed by atoms with van der Waals surface area (Å²) in [5, 5.41) is 8.68. The minimum absolute atomic E-state index is 0.0879. The average molecular weight is 380 g/mol. The Bertz CT molecular complexity index is 1010. The number of hydrogen-bond acceptors (Lipinski definition) is 5. The summed E-state index contributed by atoms with van der Waals surface area (Å²) in [6.07, 6.45) is 0.285. The molecular weight excluding hydrogens is 364 g/mol. The van der Waals surface area contributed by atoms with E-state index in [0.717, 1.165) is 10.2 Å². The third-order valence-electron chi connectivity index (χ3n) is 4.25. The van der Waals surface area contributed by atoms with Crippen LogP contribution in [-0.2, 0) is 9.59 Å². The van der Waals surface area contributed by atoms with Crippen LogP contribution in [0.25, 0.3) is 10.2 Å². The number of thiazole rings is 1. The third kappa shape index (κ3) is 3.65. The van der Waals surface area contributed by atoms with E-state index in [1.54, 1.807) is 24.3 Å². The quantitative estimate of drug-likeness (QED) is 0.648. The average Bonchev–Trinajstić information content (AvgIpc) is 3.02. The second-order valence-electron chi connectivity index (χ2n) is 6.13. The van der Waals surface area contributed by atoms with Crippen LogP contribution in [0.3, 0.4) is 0 Å². The summed E-state index contributed by atoms with van der Waals surface area (Å²) in [7, 11) is 0. The van der Waals surface area contributed by atoms with Gasteiger partial charge in [0.2, 0.25) is 11.8 Å². The van der Waals surface area contributed by atoms with Gasteiger partial charge in [-0.05, 0) is 30.7 Å². The molecule has 0 saturated heterocycles. The molecule has 1 aromatic heterocycles. The van der Waals surface area contributed by atoms with Gasteiger partial charge in [-0.15, -0.1) is 0 Å². The predicted molar refractivity (Wildman–Crippen MR) is 104 cm³/mol. The van der Waals surface area contributed by atoms with Crippen molar-refractivity contribution in [1.82, 2.24) is 10.3 Å². The highest BCUT2D eigenvalue weighted by atomic mass is 32.1. The number of nitrogens with one attached hydrogen (secondary N) is 3. The van der Waals surface area contributed by atoms with Crippen molar-refractivity contribution in [3.05, 3.63) is 54.1 Å². The number of hydrogen-bond donors (Lipinski definition) is 3. The number of aromatic nitrogens is 1. The van der Waals surface area contributed by atoms with Crippen LogP contribution >= 0.6 is 11.3 Å². The summed E-state index contributed by atoms with van der Waals surface area (Å²) in [4.78, 5) is 41.2. The van der Waals surface area contributed by atoms with E-state index in [1.165, 1.54) is 11.3 Å². The Balaban J connectivity index is 1.38. The van der Waals surface area contributed by atoms with Gasteiger partial charge >= 0.3 is 0 Å². The maximum Gasteiger partial charge on any atom is 0.254 e. The van der Waals surface area contributed by atoms with Crippen molar-refractivity contribution in [3.8, 4) is 0 Å². The van der Waals surface area contributed by atoms with Crippen molar-refractivity contribution in [3.63, 3.8) is 0 Å². The number of para-hydroxylation sites is 2. The normalized spacial score (nSPS) is 16.2. The molecule has 1 aliphatic rings. The summed E-state index contributed by atoms with van der Waals surface area (Å²) < 4.78 is 0.987. The number of carbonyl (C=O) groups is 3. The van der Waals surface area contributed by atoms with E-state index in [-0.39, 0.29) is 30.6 Å². The second kappa shape index (κ2) is 7.16. The first kappa shape index (κ1) is 17.2. The smallest absolute Gasteiger partial charge is 0.254 e. The molecule has 0 radical (unpaired) electrons. The van der Waals surface area contributed by atoms with Gasteiger partial charge in [0.05, 0.1) is 21.5 Å². The molecule has 136 valence electrons. The molecule has 4 rings (SSSR count). The summed E-state index contributed by atoms with van der Waals surface area (Å²) in [6, 6.07) is 13.6. The standard InChI is InChI=1S/C19H16N4O3S/c24-16(23-19-22-13-7-3-4-8-15(13)27-19)10-9-14-18(26)20-12-6-2-1-5-11(12)17(25)21-14/h1-8,14H,9-10H2,(H,20,26)(H,21,25)(H,22,23,24)/t14-/m0/s1. The summed E-state index contributed by atoms with van der Waals surface area (Å²) in [6.45, 7) is 0.